The number of hydrogen-bond donors (Lipinski definition) is 2. The third kappa shape index (κ3) is 2.68. The van der Waals surface area contributed by atoms with Crippen molar-refractivity contribution in [3.8, 4) is 0 Å². The van der Waals surface area contributed by atoms with Gasteiger partial charge in [0.1, 0.15) is 0 Å². The average molecular weight is 248 g/mol. The van der Waals surface area contributed by atoms with Gasteiger partial charge in [-0.1, -0.05) is 6.07 Å². The molecule has 18 heavy (non-hydrogen) atoms. The van der Waals surface area contributed by atoms with Crippen molar-refractivity contribution < 1.29 is 5.11 Å². The quantitative estimate of drug-likeness (QED) is 0.786. The maximum Gasteiger partial charge on any atom is 0.0443 e. The monoisotopic (exact) mass is 248 g/mol. The highest BCUT2D eigenvalue weighted by Crippen LogP contribution is 2.37. The lowest BCUT2D eigenvalue weighted by molar-refractivity contribution is 0.137. The fourth-order valence-electron chi connectivity index (χ4n) is 2.99. The number of aliphatic hydroxyl groups is 1. The molecule has 0 saturated heterocycles. The molecule has 1 aromatic carbocycles. The van der Waals surface area contributed by atoms with Gasteiger partial charge < -0.3 is 10.8 Å². The Bertz CT molecular complexity index is 403. The van der Waals surface area contributed by atoms with E-state index in [1.165, 1.54) is 17.5 Å². The maximum absolute atomic E-state index is 9.03. The van der Waals surface area contributed by atoms with Gasteiger partial charge in [-0.2, -0.15) is 0 Å². The van der Waals surface area contributed by atoms with Crippen molar-refractivity contribution in [3.63, 3.8) is 0 Å². The summed E-state index contributed by atoms with van der Waals surface area (Å²) in [5.74, 6) is 0. The molecule has 1 aromatic rings. The molecule has 0 saturated carbocycles. The van der Waals surface area contributed by atoms with Crippen LogP contribution in [0.2, 0.25) is 0 Å². The van der Waals surface area contributed by atoms with E-state index < -0.39 is 0 Å². The first-order chi connectivity index (χ1) is 8.63. The molecule has 1 aliphatic rings. The molecule has 100 valence electrons. The highest BCUT2D eigenvalue weighted by Gasteiger charge is 2.28. The lowest BCUT2D eigenvalue weighted by Gasteiger charge is -2.33. The SMILES string of the molecule is CC(C)N(CCCO)C1CCc2cc(N)ccc21. The van der Waals surface area contributed by atoms with Crippen molar-refractivity contribution in [3.05, 3.63) is 29.3 Å². The Labute approximate surface area is 110 Å². The minimum atomic E-state index is 0.268. The van der Waals surface area contributed by atoms with Crippen LogP contribution in [0.1, 0.15) is 43.9 Å². The first-order valence-corrected chi connectivity index (χ1v) is 6.88. The van der Waals surface area contributed by atoms with Crippen LogP contribution in [0.5, 0.6) is 0 Å². The Hall–Kier alpha value is -1.06. The summed E-state index contributed by atoms with van der Waals surface area (Å²) in [6.45, 7) is 5.69. The number of nitrogens with two attached hydrogens (primary N) is 1. The van der Waals surface area contributed by atoms with E-state index in [4.69, 9.17) is 10.8 Å². The van der Waals surface area contributed by atoms with E-state index in [1.807, 2.05) is 6.07 Å². The first-order valence-electron chi connectivity index (χ1n) is 6.88. The number of benzene rings is 1. The van der Waals surface area contributed by atoms with Gasteiger partial charge in [0, 0.05) is 30.9 Å². The Morgan fingerprint density at radius 1 is 1.44 bits per heavy atom. The third-order valence-electron chi connectivity index (χ3n) is 3.85. The van der Waals surface area contributed by atoms with E-state index >= 15 is 0 Å². The van der Waals surface area contributed by atoms with Gasteiger partial charge in [0.2, 0.25) is 0 Å². The van der Waals surface area contributed by atoms with Gasteiger partial charge in [0.15, 0.2) is 0 Å². The zero-order valence-electron chi connectivity index (χ0n) is 11.4. The normalized spacial score (nSPS) is 18.6. The fraction of sp³-hybridized carbons (Fsp3) is 0.600. The van der Waals surface area contributed by atoms with Crippen molar-refractivity contribution in [1.29, 1.82) is 0 Å². The predicted octanol–water partition coefficient (Wildman–Crippen LogP) is 2.35. The van der Waals surface area contributed by atoms with Crippen LogP contribution < -0.4 is 5.73 Å². The fourth-order valence-corrected chi connectivity index (χ4v) is 2.99. The molecule has 0 aliphatic heterocycles. The summed E-state index contributed by atoms with van der Waals surface area (Å²) in [5, 5.41) is 9.03. The highest BCUT2D eigenvalue weighted by molar-refractivity contribution is 5.47. The molecule has 0 spiro atoms. The van der Waals surface area contributed by atoms with Crippen LogP contribution >= 0.6 is 0 Å². The molecule has 3 nitrogen and oxygen atoms in total. The van der Waals surface area contributed by atoms with Crippen molar-refractivity contribution >= 4 is 5.69 Å². The van der Waals surface area contributed by atoms with Crippen molar-refractivity contribution in [2.24, 2.45) is 0 Å². The van der Waals surface area contributed by atoms with Crippen molar-refractivity contribution in [2.75, 3.05) is 18.9 Å². The summed E-state index contributed by atoms with van der Waals surface area (Å²) in [5.41, 5.74) is 9.53. The molecule has 0 fully saturated rings. The molecule has 1 unspecified atom stereocenters. The van der Waals surface area contributed by atoms with Gasteiger partial charge in [-0.05, 0) is 56.4 Å². The Balaban J connectivity index is 2.19. The first kappa shape index (κ1) is 13.4. The molecule has 0 bridgehead atoms. The van der Waals surface area contributed by atoms with Crippen LogP contribution in [0.15, 0.2) is 18.2 Å². The van der Waals surface area contributed by atoms with E-state index in [1.54, 1.807) is 0 Å². The molecule has 2 rings (SSSR count). The van der Waals surface area contributed by atoms with Gasteiger partial charge in [0.05, 0.1) is 0 Å². The second-order valence-electron chi connectivity index (χ2n) is 5.42. The van der Waals surface area contributed by atoms with E-state index in [-0.39, 0.29) is 6.61 Å². The molecule has 0 amide bonds. The van der Waals surface area contributed by atoms with Gasteiger partial charge in [-0.3, -0.25) is 4.90 Å². The molecular weight excluding hydrogens is 224 g/mol. The molecule has 0 heterocycles. The minimum Gasteiger partial charge on any atom is -0.399 e. The summed E-state index contributed by atoms with van der Waals surface area (Å²) in [6, 6.07) is 7.29. The summed E-state index contributed by atoms with van der Waals surface area (Å²) >= 11 is 0. The zero-order valence-corrected chi connectivity index (χ0v) is 11.4. The van der Waals surface area contributed by atoms with E-state index in [0.29, 0.717) is 12.1 Å². The van der Waals surface area contributed by atoms with Gasteiger partial charge in [0.25, 0.3) is 0 Å². The van der Waals surface area contributed by atoms with Crippen LogP contribution in [0.3, 0.4) is 0 Å². The lowest BCUT2D eigenvalue weighted by Crippen LogP contribution is -2.35. The maximum atomic E-state index is 9.03. The van der Waals surface area contributed by atoms with Crippen LogP contribution in [0.25, 0.3) is 0 Å². The molecule has 3 N–H and O–H groups in total. The minimum absolute atomic E-state index is 0.268. The standard InChI is InChI=1S/C15H24N2O/c1-11(2)17(8-3-9-18)15-7-4-12-10-13(16)5-6-14(12)15/h5-6,10-11,15,18H,3-4,7-9,16H2,1-2H3. The number of hydrogen-bond acceptors (Lipinski definition) is 3. The molecule has 0 aromatic heterocycles. The summed E-state index contributed by atoms with van der Waals surface area (Å²) < 4.78 is 0. The van der Waals surface area contributed by atoms with E-state index in [9.17, 15) is 0 Å². The van der Waals surface area contributed by atoms with Crippen LogP contribution in [0, 0.1) is 0 Å². The summed E-state index contributed by atoms with van der Waals surface area (Å²) in [4.78, 5) is 2.50. The zero-order chi connectivity index (χ0) is 13.1. The van der Waals surface area contributed by atoms with Crippen LogP contribution in [0.4, 0.5) is 5.69 Å². The van der Waals surface area contributed by atoms with Crippen molar-refractivity contribution in [1.82, 2.24) is 4.90 Å². The number of nitrogens with zero attached hydrogens (tertiary/aromatic N) is 1. The van der Waals surface area contributed by atoms with E-state index in [0.717, 1.165) is 25.1 Å². The number of rotatable bonds is 5. The van der Waals surface area contributed by atoms with Gasteiger partial charge in [-0.15, -0.1) is 0 Å². The second-order valence-corrected chi connectivity index (χ2v) is 5.42. The number of aliphatic hydroxyl groups excluding tert-OH is 1. The van der Waals surface area contributed by atoms with Crippen LogP contribution in [-0.2, 0) is 6.42 Å². The Morgan fingerprint density at radius 2 is 2.22 bits per heavy atom. The Kier molecular flexibility index (Phi) is 4.25. The smallest absolute Gasteiger partial charge is 0.0443 e. The molecule has 0 radical (unpaired) electrons. The largest absolute Gasteiger partial charge is 0.399 e. The third-order valence-corrected chi connectivity index (χ3v) is 3.85. The molecule has 1 atom stereocenters. The second kappa shape index (κ2) is 5.72. The van der Waals surface area contributed by atoms with E-state index in [2.05, 4.69) is 30.9 Å². The average Bonchev–Trinajstić information content (AvgIpc) is 2.72. The van der Waals surface area contributed by atoms with Gasteiger partial charge in [-0.25, -0.2) is 0 Å². The molecular formula is C15H24N2O. The van der Waals surface area contributed by atoms with Crippen molar-refractivity contribution in [2.45, 2.75) is 45.2 Å². The number of nitrogen functional groups attached to an aromatic ring is 1. The lowest BCUT2D eigenvalue weighted by atomic mass is 10.0. The van der Waals surface area contributed by atoms with Crippen LogP contribution in [-0.4, -0.2) is 29.2 Å². The molecule has 3 heteroatoms. The number of fused-ring (bicyclic) bond motifs is 1. The molecule has 1 aliphatic carbocycles. The van der Waals surface area contributed by atoms with Gasteiger partial charge >= 0.3 is 0 Å². The number of aryl methyl sites for hydroxylation is 1. The highest BCUT2D eigenvalue weighted by atomic mass is 16.3. The number of anilines is 1. The summed E-state index contributed by atoms with van der Waals surface area (Å²) in [6.07, 6.45) is 3.13. The topological polar surface area (TPSA) is 49.5 Å². The Morgan fingerprint density at radius 3 is 2.89 bits per heavy atom. The predicted molar refractivity (Wildman–Crippen MR) is 75.5 cm³/mol. The summed E-state index contributed by atoms with van der Waals surface area (Å²) in [7, 11) is 0.